The Kier molecular flexibility index (Phi) is 5.89. The molecule has 0 saturated carbocycles. The van der Waals surface area contributed by atoms with Gasteiger partial charge in [-0.25, -0.2) is 0 Å². The van der Waals surface area contributed by atoms with Crippen LogP contribution in [0.4, 0.5) is 0 Å². The fraction of sp³-hybridized carbons (Fsp3) is 0.478. The first-order valence-corrected chi connectivity index (χ1v) is 11.1. The molecule has 0 N–H and O–H groups in total. The molecule has 0 bridgehead atoms. The Morgan fingerprint density at radius 3 is 2.62 bits per heavy atom. The fourth-order valence-electron chi connectivity index (χ4n) is 4.30. The van der Waals surface area contributed by atoms with Crippen LogP contribution in [0.5, 0.6) is 5.75 Å². The number of hydrogen-bond acceptors (Lipinski definition) is 5. The number of methoxy groups -OCH3 is 1. The van der Waals surface area contributed by atoms with Crippen LogP contribution in [0.2, 0.25) is 0 Å². The maximum atomic E-state index is 13.0. The second-order valence-corrected chi connectivity index (χ2v) is 9.18. The highest BCUT2D eigenvalue weighted by Gasteiger charge is 2.29. The van der Waals surface area contributed by atoms with Crippen LogP contribution in [0.25, 0.3) is 0 Å². The molecule has 29 heavy (non-hydrogen) atoms. The van der Waals surface area contributed by atoms with E-state index in [4.69, 9.17) is 4.74 Å². The van der Waals surface area contributed by atoms with E-state index >= 15 is 0 Å². The number of rotatable bonds is 4. The van der Waals surface area contributed by atoms with Crippen molar-refractivity contribution in [3.05, 3.63) is 51.2 Å². The number of aryl methyl sites for hydroxylation is 1. The zero-order valence-electron chi connectivity index (χ0n) is 17.1. The Bertz CT molecular complexity index is 907. The topological polar surface area (TPSA) is 56.6 Å². The van der Waals surface area contributed by atoms with Gasteiger partial charge in [0.25, 0.3) is 5.91 Å². The highest BCUT2D eigenvalue weighted by Crippen LogP contribution is 2.33. The van der Waals surface area contributed by atoms with Gasteiger partial charge in [-0.2, -0.15) is 5.26 Å². The minimum absolute atomic E-state index is 0.148. The van der Waals surface area contributed by atoms with Crippen molar-refractivity contribution >= 4 is 17.2 Å². The molecule has 0 spiro atoms. The number of amides is 1. The van der Waals surface area contributed by atoms with Crippen LogP contribution in [0.15, 0.2) is 30.3 Å². The second-order valence-electron chi connectivity index (χ2n) is 8.04. The van der Waals surface area contributed by atoms with E-state index in [0.717, 1.165) is 29.0 Å². The van der Waals surface area contributed by atoms with Crippen molar-refractivity contribution in [1.29, 1.82) is 5.26 Å². The predicted octanol–water partition coefficient (Wildman–Crippen LogP) is 3.90. The summed E-state index contributed by atoms with van der Waals surface area (Å²) < 4.78 is 5.21. The largest absolute Gasteiger partial charge is 0.497 e. The van der Waals surface area contributed by atoms with Crippen LogP contribution in [0.3, 0.4) is 0 Å². The monoisotopic (exact) mass is 409 g/mol. The van der Waals surface area contributed by atoms with Crippen LogP contribution in [-0.4, -0.2) is 49.0 Å². The zero-order valence-corrected chi connectivity index (χ0v) is 17.9. The van der Waals surface area contributed by atoms with Gasteiger partial charge in [0.2, 0.25) is 0 Å². The Morgan fingerprint density at radius 2 is 1.97 bits per heavy atom. The first-order valence-electron chi connectivity index (χ1n) is 10.3. The molecule has 1 aliphatic carbocycles. The van der Waals surface area contributed by atoms with Gasteiger partial charge < -0.3 is 9.64 Å². The summed E-state index contributed by atoms with van der Waals surface area (Å²) in [7, 11) is 1.64. The SMILES string of the molecule is COc1ccc(C(C#N)N2CCN(C(=O)c3cc4c(s3)CCC(C)C4)CC2)cc1. The summed E-state index contributed by atoms with van der Waals surface area (Å²) in [6, 6.07) is 11.9. The number of ether oxygens (including phenoxy) is 1. The Balaban J connectivity index is 1.39. The van der Waals surface area contributed by atoms with E-state index in [1.807, 2.05) is 29.2 Å². The highest BCUT2D eigenvalue weighted by atomic mass is 32.1. The van der Waals surface area contributed by atoms with Gasteiger partial charge >= 0.3 is 0 Å². The molecule has 6 heteroatoms. The molecule has 1 fully saturated rings. The van der Waals surface area contributed by atoms with Gasteiger partial charge in [-0.05, 0) is 54.5 Å². The van der Waals surface area contributed by atoms with Crippen LogP contribution in [0.1, 0.15) is 45.1 Å². The average molecular weight is 410 g/mol. The minimum Gasteiger partial charge on any atom is -0.497 e. The third kappa shape index (κ3) is 4.17. The van der Waals surface area contributed by atoms with Crippen LogP contribution >= 0.6 is 11.3 Å². The molecule has 5 nitrogen and oxygen atoms in total. The molecule has 1 saturated heterocycles. The number of benzene rings is 1. The number of hydrogen-bond donors (Lipinski definition) is 0. The molecule has 2 aliphatic rings. The van der Waals surface area contributed by atoms with Crippen molar-refractivity contribution in [1.82, 2.24) is 9.80 Å². The van der Waals surface area contributed by atoms with Crippen molar-refractivity contribution < 1.29 is 9.53 Å². The zero-order chi connectivity index (χ0) is 20.4. The molecule has 1 amide bonds. The summed E-state index contributed by atoms with van der Waals surface area (Å²) in [5, 5.41) is 9.72. The van der Waals surface area contributed by atoms with Gasteiger partial charge in [-0.3, -0.25) is 9.69 Å². The lowest BCUT2D eigenvalue weighted by atomic mass is 9.90. The molecule has 1 aromatic carbocycles. The first-order chi connectivity index (χ1) is 14.1. The van der Waals surface area contributed by atoms with Crippen molar-refractivity contribution in [3.8, 4) is 11.8 Å². The summed E-state index contributed by atoms with van der Waals surface area (Å²) in [5.74, 6) is 1.65. The number of fused-ring (bicyclic) bond motifs is 1. The lowest BCUT2D eigenvalue weighted by Crippen LogP contribution is -2.49. The molecule has 2 aromatic rings. The lowest BCUT2D eigenvalue weighted by molar-refractivity contribution is 0.0611. The van der Waals surface area contributed by atoms with E-state index < -0.39 is 0 Å². The van der Waals surface area contributed by atoms with E-state index in [-0.39, 0.29) is 11.9 Å². The molecule has 0 radical (unpaired) electrons. The third-order valence-electron chi connectivity index (χ3n) is 6.06. The van der Waals surface area contributed by atoms with E-state index in [1.165, 1.54) is 16.9 Å². The van der Waals surface area contributed by atoms with Crippen LogP contribution in [0, 0.1) is 17.2 Å². The maximum absolute atomic E-state index is 13.0. The summed E-state index contributed by atoms with van der Waals surface area (Å²) in [6.07, 6.45) is 3.42. The maximum Gasteiger partial charge on any atom is 0.264 e. The van der Waals surface area contributed by atoms with E-state index in [9.17, 15) is 10.1 Å². The predicted molar refractivity (Wildman–Crippen MR) is 114 cm³/mol. The standard InChI is InChI=1S/C23H27N3O2S/c1-16-3-8-21-18(13-16)14-22(29-21)23(27)26-11-9-25(10-12-26)20(15-24)17-4-6-19(28-2)7-5-17/h4-7,14,16,20H,3,8-13H2,1-2H3. The normalized spacial score (nSPS) is 20.6. The fourth-order valence-corrected chi connectivity index (χ4v) is 5.48. The van der Waals surface area contributed by atoms with Gasteiger partial charge in [0.1, 0.15) is 11.8 Å². The van der Waals surface area contributed by atoms with Gasteiger partial charge in [-0.1, -0.05) is 19.1 Å². The molecule has 4 rings (SSSR count). The summed E-state index contributed by atoms with van der Waals surface area (Å²) in [6.45, 7) is 5.02. The lowest BCUT2D eigenvalue weighted by Gasteiger charge is -2.36. The van der Waals surface area contributed by atoms with Crippen molar-refractivity contribution in [2.24, 2.45) is 5.92 Å². The Hall–Kier alpha value is -2.36. The van der Waals surface area contributed by atoms with E-state index in [2.05, 4.69) is 24.0 Å². The number of carbonyl (C=O) groups excluding carboxylic acids is 1. The molecule has 152 valence electrons. The van der Waals surface area contributed by atoms with E-state index in [1.54, 1.807) is 18.4 Å². The molecule has 2 heterocycles. The molecule has 1 aliphatic heterocycles. The van der Waals surface area contributed by atoms with E-state index in [0.29, 0.717) is 32.1 Å². The highest BCUT2D eigenvalue weighted by molar-refractivity contribution is 7.14. The number of nitriles is 1. The Morgan fingerprint density at radius 1 is 1.24 bits per heavy atom. The van der Waals surface area contributed by atoms with Crippen molar-refractivity contribution in [2.45, 2.75) is 32.2 Å². The smallest absolute Gasteiger partial charge is 0.264 e. The summed E-state index contributed by atoms with van der Waals surface area (Å²) in [4.78, 5) is 19.4. The molecule has 1 aromatic heterocycles. The second kappa shape index (κ2) is 8.56. The van der Waals surface area contributed by atoms with Crippen molar-refractivity contribution in [2.75, 3.05) is 33.3 Å². The molecule has 2 unspecified atom stereocenters. The molecule has 2 atom stereocenters. The summed E-state index contributed by atoms with van der Waals surface area (Å²) >= 11 is 1.68. The summed E-state index contributed by atoms with van der Waals surface area (Å²) in [5.41, 5.74) is 2.34. The first kappa shape index (κ1) is 19.9. The van der Waals surface area contributed by atoms with Crippen LogP contribution < -0.4 is 4.74 Å². The average Bonchev–Trinajstić information content (AvgIpc) is 3.18. The number of nitrogens with zero attached hydrogens (tertiary/aromatic N) is 3. The van der Waals surface area contributed by atoms with Gasteiger partial charge in [0.05, 0.1) is 18.1 Å². The number of piperazine rings is 1. The van der Waals surface area contributed by atoms with Gasteiger partial charge in [0, 0.05) is 31.1 Å². The quantitative estimate of drug-likeness (QED) is 0.768. The van der Waals surface area contributed by atoms with Gasteiger partial charge in [-0.15, -0.1) is 11.3 Å². The minimum atomic E-state index is -0.298. The van der Waals surface area contributed by atoms with Crippen molar-refractivity contribution in [3.63, 3.8) is 0 Å². The van der Waals surface area contributed by atoms with Gasteiger partial charge in [0.15, 0.2) is 0 Å². The Labute approximate surface area is 176 Å². The molecular formula is C23H27N3O2S. The third-order valence-corrected chi connectivity index (χ3v) is 7.29. The number of thiophene rings is 1. The van der Waals surface area contributed by atoms with Crippen LogP contribution in [-0.2, 0) is 12.8 Å². The number of carbonyl (C=O) groups is 1. The molecular weight excluding hydrogens is 382 g/mol.